The predicted octanol–water partition coefficient (Wildman–Crippen LogP) is 4.09. The summed E-state index contributed by atoms with van der Waals surface area (Å²) in [5.41, 5.74) is 0.852. The van der Waals surface area contributed by atoms with Gasteiger partial charge in [-0.15, -0.1) is 5.10 Å². The lowest BCUT2D eigenvalue weighted by atomic mass is 10.2. The maximum absolute atomic E-state index is 13.9. The minimum Gasteiger partial charge on any atom is -0.403 e. The molecule has 0 spiro atoms. The Morgan fingerprint density at radius 1 is 1.00 bits per heavy atom. The van der Waals surface area contributed by atoms with E-state index >= 15 is 0 Å². The van der Waals surface area contributed by atoms with Crippen LogP contribution in [0.2, 0.25) is 0 Å². The molecular weight excluding hydrogens is 466 g/mol. The van der Waals surface area contributed by atoms with Gasteiger partial charge >= 0.3 is 6.01 Å². The lowest BCUT2D eigenvalue weighted by molar-refractivity contribution is 0.102. The van der Waals surface area contributed by atoms with E-state index < -0.39 is 27.6 Å². The number of aromatic nitrogens is 2. The van der Waals surface area contributed by atoms with Gasteiger partial charge in [-0.05, 0) is 42.0 Å². The van der Waals surface area contributed by atoms with Crippen LogP contribution in [0.25, 0.3) is 11.5 Å². The van der Waals surface area contributed by atoms with Crippen molar-refractivity contribution >= 4 is 21.9 Å². The van der Waals surface area contributed by atoms with Crippen LogP contribution in [0.1, 0.15) is 15.9 Å². The van der Waals surface area contributed by atoms with Crippen LogP contribution < -0.4 is 5.32 Å². The molecule has 34 heavy (non-hydrogen) atoms. The molecule has 0 atom stereocenters. The van der Waals surface area contributed by atoms with Crippen molar-refractivity contribution in [2.75, 3.05) is 12.4 Å². The number of rotatable bonds is 7. The van der Waals surface area contributed by atoms with Gasteiger partial charge in [0.1, 0.15) is 11.6 Å². The minimum atomic E-state index is -3.77. The normalized spacial score (nSPS) is 11.5. The molecule has 0 bridgehead atoms. The van der Waals surface area contributed by atoms with Gasteiger partial charge < -0.3 is 4.42 Å². The highest BCUT2D eigenvalue weighted by molar-refractivity contribution is 7.89. The average Bonchev–Trinajstić information content (AvgIpc) is 3.27. The number of carbonyl (C=O) groups is 1. The smallest absolute Gasteiger partial charge is 0.322 e. The van der Waals surface area contributed by atoms with Crippen LogP contribution in [0.5, 0.6) is 0 Å². The summed E-state index contributed by atoms with van der Waals surface area (Å²) in [5.74, 6) is -2.53. The highest BCUT2D eigenvalue weighted by Gasteiger charge is 2.22. The first kappa shape index (κ1) is 23.2. The van der Waals surface area contributed by atoms with Crippen molar-refractivity contribution in [2.24, 2.45) is 0 Å². The third-order valence-corrected chi connectivity index (χ3v) is 6.70. The van der Waals surface area contributed by atoms with Crippen molar-refractivity contribution in [3.8, 4) is 11.5 Å². The molecular formula is C23H18F2N4O4S. The van der Waals surface area contributed by atoms with E-state index in [2.05, 4.69) is 15.5 Å². The molecule has 3 aromatic carbocycles. The number of carbonyl (C=O) groups excluding carboxylic acids is 1. The topological polar surface area (TPSA) is 105 Å². The summed E-state index contributed by atoms with van der Waals surface area (Å²) in [7, 11) is -2.30. The number of halogens is 2. The number of anilines is 1. The van der Waals surface area contributed by atoms with Gasteiger partial charge in [0.25, 0.3) is 11.8 Å². The maximum atomic E-state index is 13.9. The van der Waals surface area contributed by atoms with Crippen LogP contribution in [-0.4, -0.2) is 35.9 Å². The Morgan fingerprint density at radius 3 is 2.38 bits per heavy atom. The Labute approximate surface area is 193 Å². The SMILES string of the molecule is CN(Cc1ccccc1)S(=O)(=O)c1ccc(C(=O)Nc2nnc(-c3ccc(F)cc3F)o2)cc1. The highest BCUT2D eigenvalue weighted by Crippen LogP contribution is 2.24. The number of benzene rings is 3. The van der Waals surface area contributed by atoms with Gasteiger partial charge in [0.2, 0.25) is 10.0 Å². The van der Waals surface area contributed by atoms with Crippen molar-refractivity contribution in [3.05, 3.63) is 95.6 Å². The summed E-state index contributed by atoms with van der Waals surface area (Å²) in [5, 5.41) is 9.63. The van der Waals surface area contributed by atoms with Gasteiger partial charge in [0.15, 0.2) is 0 Å². The fourth-order valence-electron chi connectivity index (χ4n) is 3.10. The number of sulfonamides is 1. The van der Waals surface area contributed by atoms with E-state index in [1.54, 1.807) is 0 Å². The van der Waals surface area contributed by atoms with Gasteiger partial charge in [-0.2, -0.15) is 4.31 Å². The number of hydrogen-bond donors (Lipinski definition) is 1. The zero-order valence-electron chi connectivity index (χ0n) is 17.8. The van der Waals surface area contributed by atoms with Crippen LogP contribution in [0.4, 0.5) is 14.8 Å². The van der Waals surface area contributed by atoms with E-state index in [4.69, 9.17) is 4.42 Å². The fourth-order valence-corrected chi connectivity index (χ4v) is 4.26. The Hall–Kier alpha value is -3.96. The monoisotopic (exact) mass is 484 g/mol. The molecule has 174 valence electrons. The average molecular weight is 484 g/mol. The number of nitrogens with one attached hydrogen (secondary N) is 1. The van der Waals surface area contributed by atoms with E-state index in [0.717, 1.165) is 17.7 Å². The second-order valence-corrected chi connectivity index (χ2v) is 9.31. The first-order valence-corrected chi connectivity index (χ1v) is 11.4. The van der Waals surface area contributed by atoms with E-state index in [0.29, 0.717) is 6.07 Å². The van der Waals surface area contributed by atoms with Crippen molar-refractivity contribution in [3.63, 3.8) is 0 Å². The summed E-state index contributed by atoms with van der Waals surface area (Å²) in [6, 6.07) is 17.0. The summed E-state index contributed by atoms with van der Waals surface area (Å²) >= 11 is 0. The summed E-state index contributed by atoms with van der Waals surface area (Å²) < 4.78 is 59.1. The van der Waals surface area contributed by atoms with Gasteiger partial charge in [-0.25, -0.2) is 17.2 Å². The summed E-state index contributed by atoms with van der Waals surface area (Å²) in [6.07, 6.45) is 0. The first-order valence-electron chi connectivity index (χ1n) is 9.94. The Bertz CT molecular complexity index is 1430. The lowest BCUT2D eigenvalue weighted by Crippen LogP contribution is -2.26. The third kappa shape index (κ3) is 5.00. The molecule has 4 rings (SSSR count). The van der Waals surface area contributed by atoms with Crippen LogP contribution >= 0.6 is 0 Å². The molecule has 0 aliphatic rings. The number of amides is 1. The van der Waals surface area contributed by atoms with Crippen LogP contribution in [0.3, 0.4) is 0 Å². The molecule has 1 amide bonds. The van der Waals surface area contributed by atoms with E-state index in [1.165, 1.54) is 35.6 Å². The van der Waals surface area contributed by atoms with Crippen molar-refractivity contribution in [1.82, 2.24) is 14.5 Å². The molecule has 0 fully saturated rings. The molecule has 1 heterocycles. The minimum absolute atomic E-state index is 0.0225. The van der Waals surface area contributed by atoms with Crippen molar-refractivity contribution in [1.29, 1.82) is 0 Å². The predicted molar refractivity (Wildman–Crippen MR) is 119 cm³/mol. The standard InChI is InChI=1S/C23H18F2N4O4S/c1-29(14-15-5-3-2-4-6-15)34(31,32)18-10-7-16(8-11-18)21(30)26-23-28-27-22(33-23)19-12-9-17(24)13-20(19)25/h2-13H,14H2,1H3,(H,26,28,30). The number of nitrogens with zero attached hydrogens (tertiary/aromatic N) is 3. The Morgan fingerprint density at radius 2 is 1.71 bits per heavy atom. The van der Waals surface area contributed by atoms with Gasteiger partial charge in [-0.3, -0.25) is 10.1 Å². The fraction of sp³-hybridized carbons (Fsp3) is 0.0870. The van der Waals surface area contributed by atoms with Gasteiger partial charge in [0.05, 0.1) is 10.5 Å². The first-order chi connectivity index (χ1) is 16.2. The number of hydrogen-bond acceptors (Lipinski definition) is 6. The molecule has 1 N–H and O–H groups in total. The quantitative estimate of drug-likeness (QED) is 0.424. The third-order valence-electron chi connectivity index (χ3n) is 4.88. The zero-order valence-corrected chi connectivity index (χ0v) is 18.6. The summed E-state index contributed by atoms with van der Waals surface area (Å²) in [4.78, 5) is 12.5. The van der Waals surface area contributed by atoms with E-state index in [9.17, 15) is 22.0 Å². The van der Waals surface area contributed by atoms with E-state index in [-0.39, 0.29) is 34.5 Å². The molecule has 1 aromatic heterocycles. The summed E-state index contributed by atoms with van der Waals surface area (Å²) in [6.45, 7) is 0.194. The molecule has 0 saturated heterocycles. The Balaban J connectivity index is 1.45. The second-order valence-electron chi connectivity index (χ2n) is 7.26. The van der Waals surface area contributed by atoms with Crippen LogP contribution in [-0.2, 0) is 16.6 Å². The van der Waals surface area contributed by atoms with Crippen LogP contribution in [0.15, 0.2) is 82.1 Å². The van der Waals surface area contributed by atoms with E-state index in [1.807, 2.05) is 30.3 Å². The molecule has 0 saturated carbocycles. The molecule has 8 nitrogen and oxygen atoms in total. The lowest BCUT2D eigenvalue weighted by Gasteiger charge is -2.17. The molecule has 4 aromatic rings. The van der Waals surface area contributed by atoms with Crippen molar-refractivity contribution in [2.45, 2.75) is 11.4 Å². The highest BCUT2D eigenvalue weighted by atomic mass is 32.2. The van der Waals surface area contributed by atoms with Gasteiger partial charge in [-0.1, -0.05) is 35.4 Å². The molecule has 0 aliphatic heterocycles. The largest absolute Gasteiger partial charge is 0.403 e. The zero-order chi connectivity index (χ0) is 24.3. The van der Waals surface area contributed by atoms with Crippen molar-refractivity contribution < 1.29 is 26.4 Å². The second kappa shape index (κ2) is 9.49. The maximum Gasteiger partial charge on any atom is 0.322 e. The van der Waals surface area contributed by atoms with Gasteiger partial charge in [0, 0.05) is 25.2 Å². The molecule has 0 radical (unpaired) electrons. The molecule has 0 unspecified atom stereocenters. The molecule has 11 heteroatoms. The Kier molecular flexibility index (Phi) is 6.48. The van der Waals surface area contributed by atoms with Crippen LogP contribution in [0, 0.1) is 11.6 Å². The molecule has 0 aliphatic carbocycles.